The lowest BCUT2D eigenvalue weighted by molar-refractivity contribution is -0.139. The predicted molar refractivity (Wildman–Crippen MR) is 65.3 cm³/mol. The predicted octanol–water partition coefficient (Wildman–Crippen LogP) is 1.04. The Morgan fingerprint density at radius 1 is 1.58 bits per heavy atom. The highest BCUT2D eigenvalue weighted by atomic mass is 19.1. The molecule has 0 bridgehead atoms. The van der Waals surface area contributed by atoms with Crippen LogP contribution in [0.25, 0.3) is 0 Å². The number of nitrogens with one attached hydrogen (secondary N) is 1. The van der Waals surface area contributed by atoms with Crippen molar-refractivity contribution in [2.45, 2.75) is 12.5 Å². The molecule has 5 nitrogen and oxygen atoms in total. The smallest absolute Gasteiger partial charge is 0.327 e. The second kappa shape index (κ2) is 6.40. The molecule has 0 saturated heterocycles. The number of amides is 1. The van der Waals surface area contributed by atoms with Crippen molar-refractivity contribution in [1.29, 1.82) is 0 Å². The van der Waals surface area contributed by atoms with E-state index in [1.54, 1.807) is 0 Å². The highest BCUT2D eigenvalue weighted by Crippen LogP contribution is 2.21. The van der Waals surface area contributed by atoms with Crippen LogP contribution >= 0.6 is 0 Å². The number of carboxylic acids is 1. The minimum Gasteiger partial charge on any atom is -0.496 e. The number of benzene rings is 1. The zero-order valence-electron chi connectivity index (χ0n) is 10.1. The Morgan fingerprint density at radius 2 is 2.26 bits per heavy atom. The summed E-state index contributed by atoms with van der Waals surface area (Å²) < 4.78 is 18.5. The first-order chi connectivity index (χ1) is 9.01. The summed E-state index contributed by atoms with van der Waals surface area (Å²) >= 11 is 0. The molecule has 19 heavy (non-hydrogen) atoms. The maximum Gasteiger partial charge on any atom is 0.327 e. The summed E-state index contributed by atoms with van der Waals surface area (Å²) in [6, 6.07) is 2.58. The summed E-state index contributed by atoms with van der Waals surface area (Å²) in [6.45, 7) is 0. The van der Waals surface area contributed by atoms with E-state index in [1.165, 1.54) is 19.2 Å². The Balaban J connectivity index is 3.01. The van der Waals surface area contributed by atoms with Crippen molar-refractivity contribution in [3.8, 4) is 18.1 Å². The lowest BCUT2D eigenvalue weighted by atomic mass is 10.1. The van der Waals surface area contributed by atoms with E-state index in [0.717, 1.165) is 6.07 Å². The lowest BCUT2D eigenvalue weighted by Crippen LogP contribution is -2.40. The van der Waals surface area contributed by atoms with Gasteiger partial charge in [-0.3, -0.25) is 4.79 Å². The molecule has 0 radical (unpaired) electrons. The van der Waals surface area contributed by atoms with Gasteiger partial charge in [0.25, 0.3) is 5.91 Å². The molecule has 0 aromatic heterocycles. The van der Waals surface area contributed by atoms with Crippen molar-refractivity contribution in [1.82, 2.24) is 5.32 Å². The Labute approximate surface area is 109 Å². The molecule has 1 amide bonds. The van der Waals surface area contributed by atoms with E-state index in [9.17, 15) is 14.0 Å². The zero-order chi connectivity index (χ0) is 14.4. The molecule has 0 fully saturated rings. The average Bonchev–Trinajstić information content (AvgIpc) is 2.37. The number of halogens is 1. The Kier molecular flexibility index (Phi) is 4.89. The second-order valence-corrected chi connectivity index (χ2v) is 3.59. The number of rotatable bonds is 5. The van der Waals surface area contributed by atoms with Crippen molar-refractivity contribution in [2.24, 2.45) is 0 Å². The van der Waals surface area contributed by atoms with Gasteiger partial charge in [-0.25, -0.2) is 9.18 Å². The Hall–Kier alpha value is -2.55. The highest BCUT2D eigenvalue weighted by Gasteiger charge is 2.23. The first-order valence-corrected chi connectivity index (χ1v) is 5.31. The van der Waals surface area contributed by atoms with Gasteiger partial charge in [-0.2, -0.15) is 0 Å². The van der Waals surface area contributed by atoms with E-state index in [4.69, 9.17) is 16.3 Å². The summed E-state index contributed by atoms with van der Waals surface area (Å²) in [7, 11) is 1.28. The molecule has 1 aromatic carbocycles. The highest BCUT2D eigenvalue weighted by molar-refractivity contribution is 5.99. The molecule has 1 atom stereocenters. The van der Waals surface area contributed by atoms with Crippen molar-refractivity contribution in [3.05, 3.63) is 29.6 Å². The molecule has 0 saturated carbocycles. The summed E-state index contributed by atoms with van der Waals surface area (Å²) in [4.78, 5) is 22.7. The summed E-state index contributed by atoms with van der Waals surface area (Å²) in [5.74, 6) is -0.841. The van der Waals surface area contributed by atoms with Gasteiger partial charge < -0.3 is 15.2 Å². The number of ether oxygens (including phenoxy) is 1. The first-order valence-electron chi connectivity index (χ1n) is 5.31. The molecule has 0 heterocycles. The van der Waals surface area contributed by atoms with Crippen molar-refractivity contribution < 1.29 is 23.8 Å². The molecule has 0 spiro atoms. The van der Waals surface area contributed by atoms with Gasteiger partial charge in [-0.15, -0.1) is 12.3 Å². The van der Waals surface area contributed by atoms with Crippen LogP contribution < -0.4 is 10.1 Å². The van der Waals surface area contributed by atoms with E-state index < -0.39 is 23.7 Å². The quantitative estimate of drug-likeness (QED) is 0.780. The third-order valence-corrected chi connectivity index (χ3v) is 2.35. The van der Waals surface area contributed by atoms with Crippen molar-refractivity contribution in [2.75, 3.05) is 7.11 Å². The third kappa shape index (κ3) is 3.45. The Bertz CT molecular complexity index is 536. The van der Waals surface area contributed by atoms with Crippen LogP contribution in [0.3, 0.4) is 0 Å². The maximum absolute atomic E-state index is 13.6. The molecule has 2 N–H and O–H groups in total. The zero-order valence-corrected chi connectivity index (χ0v) is 10.1. The topological polar surface area (TPSA) is 75.6 Å². The fraction of sp³-hybridized carbons (Fsp3) is 0.231. The minimum absolute atomic E-state index is 0.0161. The van der Waals surface area contributed by atoms with E-state index in [-0.39, 0.29) is 17.7 Å². The Morgan fingerprint density at radius 3 is 2.79 bits per heavy atom. The van der Waals surface area contributed by atoms with Crippen LogP contribution in [0, 0.1) is 18.2 Å². The number of methoxy groups -OCH3 is 1. The average molecular weight is 265 g/mol. The number of carbonyl (C=O) groups excluding carboxylic acids is 1. The van der Waals surface area contributed by atoms with Crippen LogP contribution in [0.5, 0.6) is 5.75 Å². The van der Waals surface area contributed by atoms with Crippen LogP contribution in [0.15, 0.2) is 18.2 Å². The van der Waals surface area contributed by atoms with Crippen LogP contribution in [-0.4, -0.2) is 30.1 Å². The molecular formula is C13H12FNO4. The molecule has 1 rings (SSSR count). The van der Waals surface area contributed by atoms with Crippen LogP contribution in [0.2, 0.25) is 0 Å². The molecule has 0 aliphatic carbocycles. The largest absolute Gasteiger partial charge is 0.496 e. The van der Waals surface area contributed by atoms with Gasteiger partial charge in [0, 0.05) is 6.42 Å². The van der Waals surface area contributed by atoms with E-state index in [0.29, 0.717) is 0 Å². The number of carbonyl (C=O) groups is 2. The number of hydrogen-bond acceptors (Lipinski definition) is 3. The minimum atomic E-state index is -1.29. The monoisotopic (exact) mass is 265 g/mol. The third-order valence-electron chi connectivity index (χ3n) is 2.35. The summed E-state index contributed by atoms with van der Waals surface area (Å²) in [5, 5.41) is 11.0. The maximum atomic E-state index is 13.6. The van der Waals surface area contributed by atoms with Crippen LogP contribution in [-0.2, 0) is 4.79 Å². The van der Waals surface area contributed by atoms with Gasteiger partial charge in [-0.1, -0.05) is 6.07 Å². The second-order valence-electron chi connectivity index (χ2n) is 3.59. The molecular weight excluding hydrogens is 253 g/mol. The fourth-order valence-corrected chi connectivity index (χ4v) is 1.44. The van der Waals surface area contributed by atoms with Crippen molar-refractivity contribution >= 4 is 11.9 Å². The van der Waals surface area contributed by atoms with Gasteiger partial charge in [0.1, 0.15) is 23.2 Å². The van der Waals surface area contributed by atoms with Crippen molar-refractivity contribution in [3.63, 3.8) is 0 Å². The molecule has 6 heteroatoms. The van der Waals surface area contributed by atoms with Gasteiger partial charge in [-0.05, 0) is 12.1 Å². The first kappa shape index (κ1) is 14.5. The normalized spacial score (nSPS) is 11.2. The molecule has 100 valence electrons. The van der Waals surface area contributed by atoms with Gasteiger partial charge in [0.2, 0.25) is 0 Å². The van der Waals surface area contributed by atoms with E-state index in [2.05, 4.69) is 11.2 Å². The SMILES string of the molecule is C#CCC(NC(=O)c1c(F)cccc1OC)C(=O)O. The molecule has 1 aromatic rings. The number of terminal acetylenes is 1. The number of carboxylic acid groups (broad SMARTS) is 1. The fourth-order valence-electron chi connectivity index (χ4n) is 1.44. The lowest BCUT2D eigenvalue weighted by Gasteiger charge is -2.14. The van der Waals surface area contributed by atoms with Gasteiger partial charge in [0.15, 0.2) is 0 Å². The van der Waals surface area contributed by atoms with Crippen LogP contribution in [0.1, 0.15) is 16.8 Å². The molecule has 0 aliphatic heterocycles. The summed E-state index contributed by atoms with van der Waals surface area (Å²) in [5.41, 5.74) is -0.353. The summed E-state index contributed by atoms with van der Waals surface area (Å²) in [6.07, 6.45) is 4.81. The van der Waals surface area contributed by atoms with Gasteiger partial charge >= 0.3 is 5.97 Å². The number of aliphatic carboxylic acids is 1. The standard InChI is InChI=1S/C13H12FNO4/c1-3-5-9(13(17)18)15-12(16)11-8(14)6-4-7-10(11)19-2/h1,4,6-7,9H,5H2,2H3,(H,15,16)(H,17,18). The van der Waals surface area contributed by atoms with Crippen LogP contribution in [0.4, 0.5) is 4.39 Å². The van der Waals surface area contributed by atoms with E-state index in [1.807, 2.05) is 0 Å². The van der Waals surface area contributed by atoms with E-state index >= 15 is 0 Å². The van der Waals surface area contributed by atoms with Gasteiger partial charge in [0.05, 0.1) is 7.11 Å². The molecule has 0 aliphatic rings. The number of hydrogen-bond donors (Lipinski definition) is 2. The molecule has 1 unspecified atom stereocenters.